The van der Waals surface area contributed by atoms with E-state index in [0.717, 1.165) is 26.1 Å². The smallest absolute Gasteiger partial charge is 0.126 e. The van der Waals surface area contributed by atoms with E-state index in [4.69, 9.17) is 5.26 Å². The molecular weight excluding hydrogens is 205 g/mol. The summed E-state index contributed by atoms with van der Waals surface area (Å²) in [5.74, 6) is 0.222. The maximum absolute atomic E-state index is 13.1. The van der Waals surface area contributed by atoms with Crippen molar-refractivity contribution >= 4 is 5.69 Å². The number of anilines is 1. The molecule has 0 bridgehead atoms. The van der Waals surface area contributed by atoms with E-state index in [1.165, 1.54) is 12.1 Å². The molecule has 1 fully saturated rings. The summed E-state index contributed by atoms with van der Waals surface area (Å²) in [6.07, 6.45) is 1.15. The SMILES string of the molecule is N#Cc1cc(F)cc(NCC2CCNC2)c1. The van der Waals surface area contributed by atoms with Crippen LogP contribution in [0, 0.1) is 23.1 Å². The van der Waals surface area contributed by atoms with E-state index >= 15 is 0 Å². The third-order valence-electron chi connectivity index (χ3n) is 2.78. The van der Waals surface area contributed by atoms with Gasteiger partial charge in [0.2, 0.25) is 0 Å². The minimum absolute atomic E-state index is 0.354. The van der Waals surface area contributed by atoms with Gasteiger partial charge in [-0.3, -0.25) is 0 Å². The summed E-state index contributed by atoms with van der Waals surface area (Å²) in [7, 11) is 0. The topological polar surface area (TPSA) is 47.9 Å². The van der Waals surface area contributed by atoms with E-state index in [9.17, 15) is 4.39 Å². The number of halogens is 1. The van der Waals surface area contributed by atoms with Crippen LogP contribution in [0.1, 0.15) is 12.0 Å². The first-order chi connectivity index (χ1) is 7.78. The Labute approximate surface area is 94.3 Å². The molecule has 0 amide bonds. The molecule has 84 valence electrons. The zero-order valence-electron chi connectivity index (χ0n) is 8.96. The van der Waals surface area contributed by atoms with Crippen LogP contribution >= 0.6 is 0 Å². The lowest BCUT2D eigenvalue weighted by molar-refractivity contribution is 0.612. The molecule has 1 heterocycles. The van der Waals surface area contributed by atoms with E-state index in [-0.39, 0.29) is 5.82 Å². The van der Waals surface area contributed by atoms with E-state index in [1.54, 1.807) is 6.07 Å². The number of hydrogen-bond acceptors (Lipinski definition) is 3. The third kappa shape index (κ3) is 2.71. The summed E-state index contributed by atoms with van der Waals surface area (Å²) in [4.78, 5) is 0. The number of benzene rings is 1. The zero-order chi connectivity index (χ0) is 11.4. The normalized spacial score (nSPS) is 19.4. The molecule has 1 aromatic rings. The Morgan fingerprint density at radius 1 is 1.50 bits per heavy atom. The van der Waals surface area contributed by atoms with Gasteiger partial charge in [0.1, 0.15) is 5.82 Å². The van der Waals surface area contributed by atoms with E-state index in [0.29, 0.717) is 17.2 Å². The maximum atomic E-state index is 13.1. The zero-order valence-corrected chi connectivity index (χ0v) is 8.96. The van der Waals surface area contributed by atoms with Gasteiger partial charge in [-0.2, -0.15) is 5.26 Å². The second kappa shape index (κ2) is 4.95. The van der Waals surface area contributed by atoms with Crippen LogP contribution in [0.2, 0.25) is 0 Å². The highest BCUT2D eigenvalue weighted by atomic mass is 19.1. The van der Waals surface area contributed by atoms with Crippen LogP contribution < -0.4 is 10.6 Å². The minimum Gasteiger partial charge on any atom is -0.385 e. The first-order valence-corrected chi connectivity index (χ1v) is 5.43. The van der Waals surface area contributed by atoms with Crippen molar-refractivity contribution in [1.29, 1.82) is 5.26 Å². The highest BCUT2D eigenvalue weighted by Crippen LogP contribution is 2.15. The molecule has 0 spiro atoms. The van der Waals surface area contributed by atoms with Gasteiger partial charge in [0, 0.05) is 12.2 Å². The number of nitrogens with one attached hydrogen (secondary N) is 2. The predicted octanol–water partition coefficient (Wildman–Crippen LogP) is 1.72. The first kappa shape index (κ1) is 10.9. The molecule has 1 aromatic carbocycles. The summed E-state index contributed by atoms with van der Waals surface area (Å²) < 4.78 is 13.1. The third-order valence-corrected chi connectivity index (χ3v) is 2.78. The van der Waals surface area contributed by atoms with E-state index in [1.807, 2.05) is 6.07 Å². The summed E-state index contributed by atoms with van der Waals surface area (Å²) in [6, 6.07) is 6.27. The fourth-order valence-corrected chi connectivity index (χ4v) is 1.91. The molecule has 1 atom stereocenters. The molecular formula is C12H14FN3. The fraction of sp³-hybridized carbons (Fsp3) is 0.417. The molecule has 2 rings (SSSR count). The van der Waals surface area contributed by atoms with Crippen molar-refractivity contribution in [3.63, 3.8) is 0 Å². The number of rotatable bonds is 3. The fourth-order valence-electron chi connectivity index (χ4n) is 1.91. The molecule has 0 aromatic heterocycles. The minimum atomic E-state index is -0.369. The van der Waals surface area contributed by atoms with Crippen molar-refractivity contribution in [1.82, 2.24) is 5.32 Å². The van der Waals surface area contributed by atoms with Crippen molar-refractivity contribution in [2.24, 2.45) is 5.92 Å². The van der Waals surface area contributed by atoms with Crippen molar-refractivity contribution < 1.29 is 4.39 Å². The van der Waals surface area contributed by atoms with E-state index in [2.05, 4.69) is 10.6 Å². The van der Waals surface area contributed by atoms with Crippen LogP contribution in [0.5, 0.6) is 0 Å². The predicted molar refractivity (Wildman–Crippen MR) is 60.6 cm³/mol. The van der Waals surface area contributed by atoms with Crippen LogP contribution in [-0.2, 0) is 0 Å². The van der Waals surface area contributed by atoms with Crippen LogP contribution in [0.15, 0.2) is 18.2 Å². The van der Waals surface area contributed by atoms with Crippen molar-refractivity contribution in [2.45, 2.75) is 6.42 Å². The van der Waals surface area contributed by atoms with Gasteiger partial charge in [0.15, 0.2) is 0 Å². The second-order valence-corrected chi connectivity index (χ2v) is 4.08. The van der Waals surface area contributed by atoms with Crippen LogP contribution in [-0.4, -0.2) is 19.6 Å². The highest BCUT2D eigenvalue weighted by molar-refractivity contribution is 5.49. The second-order valence-electron chi connectivity index (χ2n) is 4.08. The number of nitriles is 1. The Balaban J connectivity index is 1.98. The Bertz CT molecular complexity index is 405. The van der Waals surface area contributed by atoms with Gasteiger partial charge in [-0.05, 0) is 43.6 Å². The molecule has 1 aliphatic heterocycles. The van der Waals surface area contributed by atoms with Gasteiger partial charge < -0.3 is 10.6 Å². The van der Waals surface area contributed by atoms with Gasteiger partial charge in [-0.1, -0.05) is 0 Å². The van der Waals surface area contributed by atoms with Gasteiger partial charge in [0.05, 0.1) is 11.6 Å². The molecule has 16 heavy (non-hydrogen) atoms. The largest absolute Gasteiger partial charge is 0.385 e. The Morgan fingerprint density at radius 3 is 3.06 bits per heavy atom. The lowest BCUT2D eigenvalue weighted by Gasteiger charge is -2.11. The van der Waals surface area contributed by atoms with E-state index < -0.39 is 0 Å². The average molecular weight is 219 g/mol. The Hall–Kier alpha value is -1.60. The van der Waals surface area contributed by atoms with Crippen LogP contribution in [0.3, 0.4) is 0 Å². The summed E-state index contributed by atoms with van der Waals surface area (Å²) in [5, 5.41) is 15.2. The molecule has 1 saturated heterocycles. The summed E-state index contributed by atoms with van der Waals surface area (Å²) in [5.41, 5.74) is 1.04. The quantitative estimate of drug-likeness (QED) is 0.813. The van der Waals surface area contributed by atoms with Gasteiger partial charge in [-0.25, -0.2) is 4.39 Å². The van der Waals surface area contributed by atoms with Crippen LogP contribution in [0.25, 0.3) is 0 Å². The molecule has 1 unspecified atom stereocenters. The molecule has 0 aliphatic carbocycles. The molecule has 0 radical (unpaired) electrons. The molecule has 0 saturated carbocycles. The molecule has 4 heteroatoms. The van der Waals surface area contributed by atoms with Crippen molar-refractivity contribution in [2.75, 3.05) is 25.0 Å². The van der Waals surface area contributed by atoms with Crippen molar-refractivity contribution in [3.8, 4) is 6.07 Å². The lowest BCUT2D eigenvalue weighted by atomic mass is 10.1. The summed E-state index contributed by atoms with van der Waals surface area (Å²) >= 11 is 0. The standard InChI is InChI=1S/C12H14FN3/c13-11-3-10(6-14)4-12(5-11)16-8-9-1-2-15-7-9/h3-5,9,15-16H,1-2,7-8H2. The highest BCUT2D eigenvalue weighted by Gasteiger charge is 2.13. The monoisotopic (exact) mass is 219 g/mol. The molecule has 3 nitrogen and oxygen atoms in total. The number of nitrogens with zero attached hydrogens (tertiary/aromatic N) is 1. The van der Waals surface area contributed by atoms with Gasteiger partial charge in [-0.15, -0.1) is 0 Å². The maximum Gasteiger partial charge on any atom is 0.126 e. The first-order valence-electron chi connectivity index (χ1n) is 5.43. The lowest BCUT2D eigenvalue weighted by Crippen LogP contribution is -2.17. The van der Waals surface area contributed by atoms with Gasteiger partial charge >= 0.3 is 0 Å². The average Bonchev–Trinajstić information content (AvgIpc) is 2.78. The summed E-state index contributed by atoms with van der Waals surface area (Å²) in [6.45, 7) is 2.88. The molecule has 1 aliphatic rings. The Morgan fingerprint density at radius 2 is 2.38 bits per heavy atom. The van der Waals surface area contributed by atoms with Crippen molar-refractivity contribution in [3.05, 3.63) is 29.6 Å². The number of hydrogen-bond donors (Lipinski definition) is 2. The Kier molecular flexibility index (Phi) is 3.37. The van der Waals surface area contributed by atoms with Gasteiger partial charge in [0.25, 0.3) is 0 Å². The molecule has 2 N–H and O–H groups in total. The van der Waals surface area contributed by atoms with Crippen LogP contribution in [0.4, 0.5) is 10.1 Å².